The quantitative estimate of drug-likeness (QED) is 0.193. The fourth-order valence-electron chi connectivity index (χ4n) is 2.20. The average Bonchev–Trinajstić information content (AvgIpc) is 2.74. The molecule has 0 aliphatic heterocycles. The number of alkyl halides is 6. The molecular formula is C18H30F6N2O7S2Si. The first kappa shape index (κ1) is 34.7. The highest BCUT2D eigenvalue weighted by atomic mass is 32.3. The Balaban J connectivity index is 0.000000723. The lowest BCUT2D eigenvalue weighted by atomic mass is 10.4. The summed E-state index contributed by atoms with van der Waals surface area (Å²) in [5.74, 6) is 0. The van der Waals surface area contributed by atoms with Gasteiger partial charge in [0.15, 0.2) is 31.9 Å². The highest BCUT2D eigenvalue weighted by molar-refractivity contribution is 8.13. The molecule has 1 aromatic heterocycles. The van der Waals surface area contributed by atoms with Crippen molar-refractivity contribution in [3.8, 4) is 0 Å². The van der Waals surface area contributed by atoms with E-state index in [4.69, 9.17) is 13.3 Å². The van der Waals surface area contributed by atoms with Gasteiger partial charge in [-0.25, -0.2) is 16.8 Å². The van der Waals surface area contributed by atoms with Crippen LogP contribution in [0.2, 0.25) is 0 Å². The number of aryl methyl sites for hydroxylation is 1. The molecule has 0 bridgehead atoms. The number of aromatic nitrogens is 1. The maximum Gasteiger partial charge on any atom is 0.570 e. The molecule has 0 radical (unpaired) electrons. The predicted octanol–water partition coefficient (Wildman–Crippen LogP) is 4.10. The molecular weight excluding hydrogens is 562 g/mol. The highest BCUT2D eigenvalue weighted by Gasteiger charge is 2.47. The summed E-state index contributed by atoms with van der Waals surface area (Å²) in [6, 6.07) is 6.17. The van der Waals surface area contributed by atoms with Crippen LogP contribution in [0.4, 0.5) is 26.3 Å². The van der Waals surface area contributed by atoms with Crippen molar-refractivity contribution < 1.29 is 61.0 Å². The minimum absolute atomic E-state index is 0.680. The average molecular weight is 593 g/mol. The zero-order chi connectivity index (χ0) is 28.3. The van der Waals surface area contributed by atoms with Gasteiger partial charge in [0.25, 0.3) is 0 Å². The summed E-state index contributed by atoms with van der Waals surface area (Å²) in [6.45, 7) is 10.5. The number of pyridine rings is 1. The van der Waals surface area contributed by atoms with Crippen LogP contribution in [0.15, 0.2) is 24.4 Å². The lowest BCUT2D eigenvalue weighted by Crippen LogP contribution is -2.59. The summed E-state index contributed by atoms with van der Waals surface area (Å²) in [5, 5.41) is 0. The molecule has 9 nitrogen and oxygen atoms in total. The topological polar surface area (TPSA) is 114 Å². The van der Waals surface area contributed by atoms with E-state index in [1.165, 1.54) is 5.69 Å². The van der Waals surface area contributed by atoms with Crippen molar-refractivity contribution in [1.29, 1.82) is 0 Å². The van der Waals surface area contributed by atoms with Gasteiger partial charge in [-0.1, -0.05) is 26.8 Å². The molecule has 0 N–H and O–H groups in total. The summed E-state index contributed by atoms with van der Waals surface area (Å²) < 4.78 is 130. The molecule has 0 saturated carbocycles. The van der Waals surface area contributed by atoms with Crippen molar-refractivity contribution in [2.45, 2.75) is 64.1 Å². The van der Waals surface area contributed by atoms with Crippen LogP contribution >= 0.6 is 0 Å². The van der Waals surface area contributed by atoms with Gasteiger partial charge in [0.1, 0.15) is 0 Å². The Morgan fingerprint density at radius 1 is 0.806 bits per heavy atom. The monoisotopic (exact) mass is 592 g/mol. The molecule has 36 heavy (non-hydrogen) atoms. The third-order valence-electron chi connectivity index (χ3n) is 3.89. The van der Waals surface area contributed by atoms with Crippen molar-refractivity contribution in [3.63, 3.8) is 0 Å². The third-order valence-corrected chi connectivity index (χ3v) is 9.29. The molecule has 0 unspecified atom stereocenters. The summed E-state index contributed by atoms with van der Waals surface area (Å²) in [5.41, 5.74) is -11.2. The van der Waals surface area contributed by atoms with Crippen LogP contribution in [-0.2, 0) is 39.5 Å². The van der Waals surface area contributed by atoms with Crippen molar-refractivity contribution in [2.75, 3.05) is 19.8 Å². The standard InChI is InChI=1S/C16H30NO3Si.C2F6NO4S2/c1-5-12-18-21(19-13-6-2,20-14-7-3)15-17-11-9-8-10-16(17)4;3-1(4,5)14(10,11)9-15(12,13)2(6,7)8/h8-11H,5-7,12-15H2,1-4H3;/q+1;-1. The molecule has 0 fully saturated rings. The van der Waals surface area contributed by atoms with E-state index in [1.807, 2.05) is 12.1 Å². The molecule has 1 aromatic rings. The van der Waals surface area contributed by atoms with Crippen molar-refractivity contribution in [2.24, 2.45) is 0 Å². The van der Waals surface area contributed by atoms with Crippen LogP contribution in [0.1, 0.15) is 45.7 Å². The second kappa shape index (κ2) is 14.6. The number of halogens is 6. The number of sulfonamides is 2. The van der Waals surface area contributed by atoms with Gasteiger partial charge in [0, 0.05) is 38.9 Å². The van der Waals surface area contributed by atoms with Gasteiger partial charge in [-0.3, -0.25) is 0 Å². The Morgan fingerprint density at radius 3 is 1.50 bits per heavy atom. The lowest BCUT2D eigenvalue weighted by molar-refractivity contribution is -0.691. The first-order valence-electron chi connectivity index (χ1n) is 10.6. The SMILES string of the molecule is CCCO[Si](C[n+]1ccccc1C)(OCCC)OCCC.O=S(=O)([N-]S(=O)(=O)C(F)(F)F)C(F)(F)F. The zero-order valence-electron chi connectivity index (χ0n) is 20.1. The van der Waals surface area contributed by atoms with E-state index in [0.717, 1.165) is 23.4 Å². The summed E-state index contributed by atoms with van der Waals surface area (Å²) in [7, 11) is -16.1. The zero-order valence-corrected chi connectivity index (χ0v) is 22.7. The molecule has 0 aliphatic rings. The number of hydrogen-bond donors (Lipinski definition) is 0. The van der Waals surface area contributed by atoms with Gasteiger partial charge in [-0.2, -0.15) is 30.9 Å². The van der Waals surface area contributed by atoms with Gasteiger partial charge in [-0.15, -0.1) is 0 Å². The van der Waals surface area contributed by atoms with E-state index in [1.54, 1.807) is 0 Å². The first-order chi connectivity index (χ1) is 16.4. The number of nitrogens with zero attached hydrogens (tertiary/aromatic N) is 2. The van der Waals surface area contributed by atoms with Crippen LogP contribution in [0, 0.1) is 6.92 Å². The van der Waals surface area contributed by atoms with Crippen LogP contribution in [0.3, 0.4) is 0 Å². The van der Waals surface area contributed by atoms with Crippen molar-refractivity contribution in [3.05, 3.63) is 34.2 Å². The summed E-state index contributed by atoms with van der Waals surface area (Å²) in [6.07, 6.45) is 5.66. The van der Waals surface area contributed by atoms with Crippen LogP contribution in [0.25, 0.3) is 4.13 Å². The minimum atomic E-state index is -6.72. The van der Waals surface area contributed by atoms with Gasteiger partial charge in [0.05, 0.1) is 0 Å². The Hall–Kier alpha value is -1.31. The Kier molecular flexibility index (Phi) is 14.0. The highest BCUT2D eigenvalue weighted by Crippen LogP contribution is 2.36. The van der Waals surface area contributed by atoms with Gasteiger partial charge in [0.2, 0.25) is 6.17 Å². The van der Waals surface area contributed by atoms with Crippen LogP contribution in [-0.4, -0.2) is 56.5 Å². The molecule has 0 atom stereocenters. The molecule has 18 heteroatoms. The fraction of sp³-hybridized carbons (Fsp3) is 0.722. The molecule has 212 valence electrons. The van der Waals surface area contributed by atoms with E-state index in [9.17, 15) is 43.2 Å². The molecule has 0 amide bonds. The van der Waals surface area contributed by atoms with E-state index >= 15 is 0 Å². The van der Waals surface area contributed by atoms with Crippen molar-refractivity contribution >= 4 is 28.9 Å². The maximum atomic E-state index is 11.4. The second-order valence-corrected chi connectivity index (χ2v) is 13.1. The molecule has 0 spiro atoms. The Bertz CT molecular complexity index is 942. The molecule has 0 aliphatic carbocycles. The number of rotatable bonds is 13. The Labute approximate surface area is 208 Å². The van der Waals surface area contributed by atoms with Gasteiger partial charge < -0.3 is 17.4 Å². The third kappa shape index (κ3) is 11.4. The predicted molar refractivity (Wildman–Crippen MR) is 119 cm³/mol. The summed E-state index contributed by atoms with van der Waals surface area (Å²) >= 11 is 0. The second-order valence-electron chi connectivity index (χ2n) is 7.11. The maximum absolute atomic E-state index is 11.4. The van der Waals surface area contributed by atoms with E-state index in [2.05, 4.69) is 44.5 Å². The number of hydrogen-bond acceptors (Lipinski definition) is 7. The van der Waals surface area contributed by atoms with Crippen molar-refractivity contribution in [1.82, 2.24) is 0 Å². The normalized spacial score (nSPS) is 13.3. The van der Waals surface area contributed by atoms with Gasteiger partial charge >= 0.3 is 19.8 Å². The molecule has 0 aromatic carbocycles. The first-order valence-corrected chi connectivity index (χ1v) is 15.4. The van der Waals surface area contributed by atoms with Gasteiger partial charge in [-0.05, 0) is 19.3 Å². The fourth-order valence-corrected chi connectivity index (χ4v) is 6.75. The van der Waals surface area contributed by atoms with E-state index in [-0.39, 0.29) is 0 Å². The smallest absolute Gasteiger partial charge is 0.421 e. The Morgan fingerprint density at radius 2 is 1.19 bits per heavy atom. The largest absolute Gasteiger partial charge is 0.570 e. The molecule has 1 rings (SSSR count). The molecule has 0 saturated heterocycles. The summed E-state index contributed by atoms with van der Waals surface area (Å²) in [4.78, 5) is 0. The van der Waals surface area contributed by atoms with E-state index in [0.29, 0.717) is 26.0 Å². The van der Waals surface area contributed by atoms with E-state index < -0.39 is 39.9 Å². The van der Waals surface area contributed by atoms with Crippen LogP contribution in [0.5, 0.6) is 0 Å². The van der Waals surface area contributed by atoms with Crippen LogP contribution < -0.4 is 4.57 Å². The lowest BCUT2D eigenvalue weighted by Gasteiger charge is -2.27. The molecule has 1 heterocycles. The minimum Gasteiger partial charge on any atom is -0.421 e.